The largest absolute Gasteiger partial charge is 0.495 e. The van der Waals surface area contributed by atoms with Gasteiger partial charge < -0.3 is 19.3 Å². The number of carbonyl (C=O) groups excluding carboxylic acids is 1. The Morgan fingerprint density at radius 1 is 1.11 bits per heavy atom. The van der Waals surface area contributed by atoms with Gasteiger partial charge in [-0.25, -0.2) is 0 Å². The quantitative estimate of drug-likeness (QED) is 0.727. The number of anilines is 2. The van der Waals surface area contributed by atoms with Crippen molar-refractivity contribution in [3.8, 4) is 5.75 Å². The maximum atomic E-state index is 12.6. The third-order valence-electron chi connectivity index (χ3n) is 4.80. The fraction of sp³-hybridized carbons (Fsp3) is 0.350. The summed E-state index contributed by atoms with van der Waals surface area (Å²) in [4.78, 5) is 16.7. The van der Waals surface area contributed by atoms with E-state index in [0.717, 1.165) is 58.3 Å². The Morgan fingerprint density at radius 2 is 1.78 bits per heavy atom. The first-order chi connectivity index (χ1) is 13.0. The molecule has 1 saturated heterocycles. The van der Waals surface area contributed by atoms with Gasteiger partial charge in [0, 0.05) is 38.1 Å². The van der Waals surface area contributed by atoms with Crippen LogP contribution in [0.25, 0.3) is 0 Å². The number of nitrogens with one attached hydrogen (secondary N) is 1. The van der Waals surface area contributed by atoms with Gasteiger partial charge in [0.1, 0.15) is 5.75 Å². The van der Waals surface area contributed by atoms with Crippen molar-refractivity contribution in [3.63, 3.8) is 0 Å². The lowest BCUT2D eigenvalue weighted by Gasteiger charge is -2.36. The summed E-state index contributed by atoms with van der Waals surface area (Å²) in [5.74, 6) is 0.738. The molecule has 0 saturated carbocycles. The molecule has 0 radical (unpaired) electrons. The summed E-state index contributed by atoms with van der Waals surface area (Å²) in [6, 6.07) is 11.8. The van der Waals surface area contributed by atoms with Gasteiger partial charge in [0.25, 0.3) is 0 Å². The van der Waals surface area contributed by atoms with E-state index < -0.39 is 0 Å². The van der Waals surface area contributed by atoms with E-state index in [0.29, 0.717) is 13.1 Å². The first kappa shape index (κ1) is 19.7. The van der Waals surface area contributed by atoms with Crippen LogP contribution in [-0.2, 0) is 0 Å². The number of nitrogens with zero attached hydrogens (tertiary/aromatic N) is 2. The molecule has 27 heavy (non-hydrogen) atoms. The number of ether oxygens (including phenoxy) is 1. The molecule has 1 heterocycles. The molecule has 2 aromatic carbocycles. The molecular weight excluding hydrogens is 382 g/mol. The highest BCUT2D eigenvalue weighted by molar-refractivity contribution is 8.14. The molecule has 1 aliphatic rings. The molecule has 7 heteroatoms. The zero-order valence-electron chi connectivity index (χ0n) is 15.8. The Kier molecular flexibility index (Phi) is 6.39. The van der Waals surface area contributed by atoms with E-state index in [1.807, 2.05) is 55.1 Å². The monoisotopic (exact) mass is 405 g/mol. The molecule has 1 fully saturated rings. The number of hydrogen-bond donors (Lipinski definition) is 1. The number of halogens is 1. The number of hydrogen-bond acceptors (Lipinski definition) is 5. The van der Waals surface area contributed by atoms with Crippen molar-refractivity contribution in [1.82, 2.24) is 4.90 Å². The van der Waals surface area contributed by atoms with Crippen LogP contribution >= 0.6 is 23.5 Å². The van der Waals surface area contributed by atoms with Gasteiger partial charge in [0.15, 0.2) is 0 Å². The van der Waals surface area contributed by atoms with Crippen LogP contribution in [0.15, 0.2) is 36.4 Å². The Labute approximate surface area is 169 Å². The smallest absolute Gasteiger partial charge is 0.302 e. The van der Waals surface area contributed by atoms with Gasteiger partial charge in [-0.05, 0) is 49.2 Å². The van der Waals surface area contributed by atoms with Crippen LogP contribution in [0.2, 0.25) is 5.02 Å². The highest BCUT2D eigenvalue weighted by Crippen LogP contribution is 2.31. The molecule has 0 bridgehead atoms. The van der Waals surface area contributed by atoms with E-state index in [-0.39, 0.29) is 5.24 Å². The van der Waals surface area contributed by atoms with Gasteiger partial charge in [-0.1, -0.05) is 23.7 Å². The number of carbonyl (C=O) groups is 1. The summed E-state index contributed by atoms with van der Waals surface area (Å²) >= 11 is 7.37. The van der Waals surface area contributed by atoms with E-state index in [9.17, 15) is 4.79 Å². The van der Waals surface area contributed by atoms with Crippen LogP contribution in [0.4, 0.5) is 16.2 Å². The Bertz CT molecular complexity index is 823. The second kappa shape index (κ2) is 8.76. The highest BCUT2D eigenvalue weighted by atomic mass is 35.5. The summed E-state index contributed by atoms with van der Waals surface area (Å²) < 4.78 is 8.56. The molecule has 0 aromatic heterocycles. The van der Waals surface area contributed by atoms with Crippen LogP contribution in [0.3, 0.4) is 0 Å². The lowest BCUT2D eigenvalue weighted by molar-refractivity contribution is 0.219. The van der Waals surface area contributed by atoms with Crippen molar-refractivity contribution in [2.24, 2.45) is 0 Å². The summed E-state index contributed by atoms with van der Waals surface area (Å²) in [6.45, 7) is 6.95. The van der Waals surface area contributed by atoms with Gasteiger partial charge in [0.05, 0.1) is 23.5 Å². The molecule has 3 rings (SSSR count). The topological polar surface area (TPSA) is 44.8 Å². The molecular formula is C20H24ClN3O2S. The van der Waals surface area contributed by atoms with Crippen molar-refractivity contribution in [1.29, 1.82) is 0 Å². The molecule has 1 aliphatic heterocycles. The van der Waals surface area contributed by atoms with Crippen LogP contribution in [0, 0.1) is 13.8 Å². The lowest BCUT2D eigenvalue weighted by Crippen LogP contribution is -2.48. The van der Waals surface area contributed by atoms with Gasteiger partial charge in [-0.3, -0.25) is 4.79 Å². The van der Waals surface area contributed by atoms with Crippen molar-refractivity contribution in [3.05, 3.63) is 52.5 Å². The Balaban J connectivity index is 1.56. The van der Waals surface area contributed by atoms with E-state index >= 15 is 0 Å². The molecule has 2 aromatic rings. The molecule has 0 spiro atoms. The summed E-state index contributed by atoms with van der Waals surface area (Å²) in [6.07, 6.45) is 0. The summed E-state index contributed by atoms with van der Waals surface area (Å²) in [7, 11) is 1.63. The van der Waals surface area contributed by atoms with Gasteiger partial charge in [-0.15, -0.1) is 0 Å². The molecule has 0 atom stereocenters. The van der Waals surface area contributed by atoms with E-state index in [1.165, 1.54) is 0 Å². The predicted octanol–water partition coefficient (Wildman–Crippen LogP) is 4.97. The molecule has 0 aliphatic carbocycles. The summed E-state index contributed by atoms with van der Waals surface area (Å²) in [5.41, 5.74) is 4.15. The number of methoxy groups -OCH3 is 1. The van der Waals surface area contributed by atoms with E-state index in [2.05, 4.69) is 9.62 Å². The zero-order valence-corrected chi connectivity index (χ0v) is 17.4. The molecule has 144 valence electrons. The Hall–Kier alpha value is -2.05. The van der Waals surface area contributed by atoms with Crippen molar-refractivity contribution < 1.29 is 9.53 Å². The van der Waals surface area contributed by atoms with E-state index in [4.69, 9.17) is 16.3 Å². The van der Waals surface area contributed by atoms with Gasteiger partial charge in [-0.2, -0.15) is 0 Å². The average molecular weight is 406 g/mol. The number of piperazine rings is 1. The van der Waals surface area contributed by atoms with Crippen LogP contribution in [-0.4, -0.2) is 43.4 Å². The van der Waals surface area contributed by atoms with Crippen LogP contribution in [0.1, 0.15) is 11.1 Å². The number of benzene rings is 2. The van der Waals surface area contributed by atoms with Crippen molar-refractivity contribution in [2.75, 3.05) is 42.9 Å². The first-order valence-electron chi connectivity index (χ1n) is 8.86. The third-order valence-corrected chi connectivity index (χ3v) is 5.87. The number of amides is 1. The highest BCUT2D eigenvalue weighted by Gasteiger charge is 2.23. The minimum absolute atomic E-state index is 0.00842. The number of aryl methyl sites for hydroxylation is 2. The van der Waals surface area contributed by atoms with Crippen molar-refractivity contribution >= 4 is 40.2 Å². The molecule has 5 nitrogen and oxygen atoms in total. The minimum Gasteiger partial charge on any atom is -0.495 e. The predicted molar refractivity (Wildman–Crippen MR) is 114 cm³/mol. The molecule has 1 N–H and O–H groups in total. The van der Waals surface area contributed by atoms with Crippen LogP contribution < -0.4 is 14.4 Å². The lowest BCUT2D eigenvalue weighted by atomic mass is 10.1. The number of rotatable bonds is 4. The zero-order chi connectivity index (χ0) is 19.4. The second-order valence-corrected chi connectivity index (χ2v) is 7.70. The minimum atomic E-state index is 0.00842. The van der Waals surface area contributed by atoms with Gasteiger partial charge in [0.2, 0.25) is 0 Å². The molecule has 0 unspecified atom stereocenters. The second-order valence-electron chi connectivity index (χ2n) is 6.53. The fourth-order valence-electron chi connectivity index (χ4n) is 3.04. The standard InChI is InChI=1S/C20H24ClN3O2S/c1-14-12-17(19(26-3)13-15(14)2)22-27-20(25)24-10-8-23(9-11-24)18-7-5-4-6-16(18)21/h4-7,12-13,22H,8-11H2,1-3H3. The summed E-state index contributed by atoms with van der Waals surface area (Å²) in [5, 5.41) is 0.754. The third kappa shape index (κ3) is 4.62. The van der Waals surface area contributed by atoms with Gasteiger partial charge >= 0.3 is 5.24 Å². The SMILES string of the molecule is COc1cc(C)c(C)cc1NSC(=O)N1CCN(c2ccccc2Cl)CC1. The maximum Gasteiger partial charge on any atom is 0.302 e. The number of para-hydroxylation sites is 1. The van der Waals surface area contributed by atoms with Crippen LogP contribution in [0.5, 0.6) is 5.75 Å². The Morgan fingerprint density at radius 3 is 2.44 bits per heavy atom. The fourth-order valence-corrected chi connectivity index (χ4v) is 3.96. The normalized spacial score (nSPS) is 14.2. The van der Waals surface area contributed by atoms with Crippen molar-refractivity contribution in [2.45, 2.75) is 13.8 Å². The average Bonchev–Trinajstić information content (AvgIpc) is 2.69. The molecule has 1 amide bonds. The first-order valence-corrected chi connectivity index (χ1v) is 10.1. The maximum absolute atomic E-state index is 12.6. The van der Waals surface area contributed by atoms with E-state index in [1.54, 1.807) is 7.11 Å².